The van der Waals surface area contributed by atoms with E-state index in [1.54, 1.807) is 12.1 Å². The quantitative estimate of drug-likeness (QED) is 0.132. The molecule has 3 rings (SSSR count). The molecule has 2 amide bonds. The van der Waals surface area contributed by atoms with E-state index in [0.29, 0.717) is 18.5 Å². The number of carboxylic acid groups (broad SMARTS) is 1. The van der Waals surface area contributed by atoms with Crippen LogP contribution in [0.2, 0.25) is 0 Å². The first-order valence-corrected chi connectivity index (χ1v) is 14.7. The van der Waals surface area contributed by atoms with Crippen LogP contribution >= 0.6 is 0 Å². The molecule has 1 unspecified atom stereocenters. The fraction of sp³-hybridized carbons (Fsp3) is 0.441. The number of hydrogen-bond acceptors (Lipinski definition) is 3. The van der Waals surface area contributed by atoms with Crippen LogP contribution in [-0.4, -0.2) is 29.4 Å². The molecule has 0 saturated heterocycles. The van der Waals surface area contributed by atoms with Crippen LogP contribution in [0.5, 0.6) is 0 Å². The lowest BCUT2D eigenvalue weighted by Gasteiger charge is -2.32. The molecule has 0 aliphatic carbocycles. The molecule has 6 heteroatoms. The third-order valence-electron chi connectivity index (χ3n) is 7.56. The molecule has 0 aliphatic heterocycles. The molecule has 3 aromatic rings. The van der Waals surface area contributed by atoms with Gasteiger partial charge in [0, 0.05) is 12.1 Å². The van der Waals surface area contributed by atoms with Crippen LogP contribution in [0, 0.1) is 0 Å². The van der Waals surface area contributed by atoms with Crippen molar-refractivity contribution in [1.29, 1.82) is 0 Å². The van der Waals surface area contributed by atoms with E-state index in [9.17, 15) is 19.5 Å². The lowest BCUT2D eigenvalue weighted by atomic mass is 9.82. The number of carboxylic acids is 1. The molecule has 0 spiro atoms. The Morgan fingerprint density at radius 3 is 2.00 bits per heavy atom. The number of carbonyl (C=O) groups excluding carboxylic acids is 2. The molecule has 1 atom stereocenters. The Morgan fingerprint density at radius 1 is 0.750 bits per heavy atom. The summed E-state index contributed by atoms with van der Waals surface area (Å²) in [4.78, 5) is 36.3. The van der Waals surface area contributed by atoms with Crippen LogP contribution in [-0.2, 0) is 21.5 Å². The average molecular weight is 545 g/mol. The van der Waals surface area contributed by atoms with E-state index in [4.69, 9.17) is 0 Å². The molecule has 0 bridgehead atoms. The van der Waals surface area contributed by atoms with E-state index in [1.807, 2.05) is 61.5 Å². The predicted molar refractivity (Wildman–Crippen MR) is 161 cm³/mol. The van der Waals surface area contributed by atoms with Crippen molar-refractivity contribution >= 4 is 28.6 Å². The van der Waals surface area contributed by atoms with Gasteiger partial charge in [-0.15, -0.1) is 0 Å². The number of unbranched alkanes of at least 4 members (excludes halogenated alkanes) is 9. The first-order chi connectivity index (χ1) is 19.3. The summed E-state index contributed by atoms with van der Waals surface area (Å²) in [5, 5.41) is 17.0. The van der Waals surface area contributed by atoms with Gasteiger partial charge < -0.3 is 15.7 Å². The zero-order valence-electron chi connectivity index (χ0n) is 24.0. The molecule has 3 N–H and O–H groups in total. The normalized spacial score (nSPS) is 12.6. The smallest absolute Gasteiger partial charge is 0.394 e. The highest BCUT2D eigenvalue weighted by Crippen LogP contribution is 2.32. The third kappa shape index (κ3) is 9.22. The van der Waals surface area contributed by atoms with Gasteiger partial charge in [0.2, 0.25) is 0 Å². The molecule has 0 aromatic heterocycles. The molecular formula is C34H44N2O4. The van der Waals surface area contributed by atoms with Crippen LogP contribution in [0.3, 0.4) is 0 Å². The van der Waals surface area contributed by atoms with Crippen LogP contribution in [0.25, 0.3) is 10.8 Å². The van der Waals surface area contributed by atoms with E-state index in [-0.39, 0.29) is 5.91 Å². The van der Waals surface area contributed by atoms with Gasteiger partial charge in [-0.25, -0.2) is 4.79 Å². The van der Waals surface area contributed by atoms with Crippen LogP contribution < -0.4 is 10.6 Å². The lowest BCUT2D eigenvalue weighted by Crippen LogP contribution is -2.48. The van der Waals surface area contributed by atoms with Gasteiger partial charge in [0.15, 0.2) is 0 Å². The summed E-state index contributed by atoms with van der Waals surface area (Å²) in [7, 11) is 0. The molecule has 3 aromatic carbocycles. The monoisotopic (exact) mass is 544 g/mol. The van der Waals surface area contributed by atoms with E-state index >= 15 is 0 Å². The second kappa shape index (κ2) is 15.8. The number of carbonyl (C=O) groups is 3. The number of nitrogens with one attached hydrogen (secondary N) is 2. The van der Waals surface area contributed by atoms with Crippen molar-refractivity contribution in [2.45, 2.75) is 90.0 Å². The van der Waals surface area contributed by atoms with Gasteiger partial charge in [-0.1, -0.05) is 119 Å². The van der Waals surface area contributed by atoms with E-state index in [1.165, 1.54) is 51.4 Å². The van der Waals surface area contributed by atoms with Crippen molar-refractivity contribution in [3.05, 3.63) is 83.4 Å². The Kier molecular flexibility index (Phi) is 12.2. The third-order valence-corrected chi connectivity index (χ3v) is 7.56. The summed E-state index contributed by atoms with van der Waals surface area (Å²) in [5.74, 6) is -2.68. The second-order valence-electron chi connectivity index (χ2n) is 10.9. The number of aliphatic carboxylic acids is 1. The summed E-state index contributed by atoms with van der Waals surface area (Å²) < 4.78 is 0. The molecule has 40 heavy (non-hydrogen) atoms. The Bertz CT molecular complexity index is 1250. The Morgan fingerprint density at radius 2 is 1.35 bits per heavy atom. The standard InChI is InChI=1S/C34H44N2O4/c1-3-4-5-6-7-8-9-10-11-14-24-35-31(37)28-22-20-26(21-23-28)25-34(2,36-32(38)33(39)40)30-19-15-17-27-16-12-13-18-29(27)30/h12-13,15-23H,3-11,14,24-25H2,1-2H3,(H,35,37)(H,36,38)(H,39,40). The van der Waals surface area contributed by atoms with E-state index in [0.717, 1.165) is 34.7 Å². The molecule has 0 aliphatic rings. The van der Waals surface area contributed by atoms with Gasteiger partial charge in [0.05, 0.1) is 5.54 Å². The minimum absolute atomic E-state index is 0.0986. The minimum atomic E-state index is -1.53. The molecule has 0 radical (unpaired) electrons. The van der Waals surface area contributed by atoms with Crippen molar-refractivity contribution in [3.8, 4) is 0 Å². The highest BCUT2D eigenvalue weighted by molar-refractivity contribution is 6.31. The Hall–Kier alpha value is -3.67. The lowest BCUT2D eigenvalue weighted by molar-refractivity contribution is -0.151. The number of rotatable bonds is 16. The average Bonchev–Trinajstić information content (AvgIpc) is 2.95. The fourth-order valence-corrected chi connectivity index (χ4v) is 5.32. The highest BCUT2D eigenvalue weighted by atomic mass is 16.4. The van der Waals surface area contributed by atoms with Crippen molar-refractivity contribution in [1.82, 2.24) is 10.6 Å². The predicted octanol–water partition coefficient (Wildman–Crippen LogP) is 7.15. The maximum absolute atomic E-state index is 12.7. The SMILES string of the molecule is CCCCCCCCCCCCNC(=O)c1ccc(CC(C)(NC(=O)C(=O)O)c2cccc3ccccc23)cc1. The first-order valence-electron chi connectivity index (χ1n) is 14.7. The summed E-state index contributed by atoms with van der Waals surface area (Å²) in [5.41, 5.74) is 1.32. The second-order valence-corrected chi connectivity index (χ2v) is 10.9. The van der Waals surface area contributed by atoms with Gasteiger partial charge in [0.1, 0.15) is 0 Å². The zero-order chi connectivity index (χ0) is 28.8. The van der Waals surface area contributed by atoms with Gasteiger partial charge in [-0.2, -0.15) is 0 Å². The zero-order valence-corrected chi connectivity index (χ0v) is 24.0. The largest absolute Gasteiger partial charge is 0.474 e. The summed E-state index contributed by atoms with van der Waals surface area (Å²) in [6, 6.07) is 20.9. The molecule has 0 saturated carbocycles. The number of amides is 2. The summed E-state index contributed by atoms with van der Waals surface area (Å²) in [6.07, 6.45) is 12.9. The summed E-state index contributed by atoms with van der Waals surface area (Å²) >= 11 is 0. The maximum atomic E-state index is 12.7. The van der Waals surface area contributed by atoms with E-state index in [2.05, 4.69) is 17.6 Å². The van der Waals surface area contributed by atoms with Crippen molar-refractivity contribution in [2.75, 3.05) is 6.54 Å². The maximum Gasteiger partial charge on any atom is 0.394 e. The molecule has 6 nitrogen and oxygen atoms in total. The minimum Gasteiger partial charge on any atom is -0.474 e. The van der Waals surface area contributed by atoms with Gasteiger partial charge >= 0.3 is 11.9 Å². The summed E-state index contributed by atoms with van der Waals surface area (Å²) in [6.45, 7) is 4.74. The van der Waals surface area contributed by atoms with Crippen LogP contribution in [0.15, 0.2) is 66.7 Å². The Balaban J connectivity index is 1.55. The van der Waals surface area contributed by atoms with Crippen LogP contribution in [0.1, 0.15) is 99.5 Å². The first kappa shape index (κ1) is 30.9. The Labute approximate surface area is 238 Å². The molecule has 0 fully saturated rings. The topological polar surface area (TPSA) is 95.5 Å². The van der Waals surface area contributed by atoms with Gasteiger partial charge in [-0.05, 0) is 53.8 Å². The molecular weight excluding hydrogens is 500 g/mol. The van der Waals surface area contributed by atoms with E-state index < -0.39 is 17.4 Å². The molecule has 0 heterocycles. The number of benzene rings is 3. The van der Waals surface area contributed by atoms with Crippen LogP contribution in [0.4, 0.5) is 0 Å². The highest BCUT2D eigenvalue weighted by Gasteiger charge is 2.32. The number of fused-ring (bicyclic) bond motifs is 1. The van der Waals surface area contributed by atoms with Gasteiger partial charge in [0.25, 0.3) is 5.91 Å². The number of hydrogen-bond donors (Lipinski definition) is 3. The molecule has 214 valence electrons. The van der Waals surface area contributed by atoms with Crippen molar-refractivity contribution in [3.63, 3.8) is 0 Å². The van der Waals surface area contributed by atoms with Crippen molar-refractivity contribution in [2.24, 2.45) is 0 Å². The van der Waals surface area contributed by atoms with Gasteiger partial charge in [-0.3, -0.25) is 9.59 Å². The van der Waals surface area contributed by atoms with Crippen molar-refractivity contribution < 1.29 is 19.5 Å². The fourth-order valence-electron chi connectivity index (χ4n) is 5.32.